The molecule has 5 rings (SSSR count). The van der Waals surface area contributed by atoms with Crippen LogP contribution in [0.5, 0.6) is 0 Å². The normalized spacial score (nSPS) is 17.0. The van der Waals surface area contributed by atoms with Crippen molar-refractivity contribution in [1.29, 1.82) is 0 Å². The minimum atomic E-state index is -0.883. The molecule has 34 heavy (non-hydrogen) atoms. The van der Waals surface area contributed by atoms with Gasteiger partial charge >= 0.3 is 0 Å². The number of nitrogens with zero attached hydrogens (tertiary/aromatic N) is 1. The maximum Gasteiger partial charge on any atom is 0.231 e. The van der Waals surface area contributed by atoms with Crippen LogP contribution in [-0.4, -0.2) is 21.8 Å². The van der Waals surface area contributed by atoms with E-state index in [4.69, 9.17) is 4.98 Å². The van der Waals surface area contributed by atoms with Crippen LogP contribution in [0.15, 0.2) is 96.8 Å². The molecular formula is C29H24N2O3. The van der Waals surface area contributed by atoms with Gasteiger partial charge in [0.15, 0.2) is 5.78 Å². The SMILES string of the molecule is O=C(CC1c2cc3ccccc3nc2C=C(O)C1C(=O)NCc1ccccc1)c1ccccc1. The molecule has 0 spiro atoms. The number of rotatable bonds is 6. The number of aliphatic hydroxyl groups is 1. The molecule has 0 saturated heterocycles. The molecule has 2 atom stereocenters. The van der Waals surface area contributed by atoms with Crippen LogP contribution in [0.3, 0.4) is 0 Å². The number of amides is 1. The fraction of sp³-hybridized carbons (Fsp3) is 0.138. The first kappa shape index (κ1) is 21.6. The molecule has 2 unspecified atom stereocenters. The van der Waals surface area contributed by atoms with Gasteiger partial charge in [0, 0.05) is 35.9 Å². The standard InChI is InChI=1S/C29H24N2O3/c32-26(20-11-5-2-6-12-20)16-23-22-15-21-13-7-8-14-24(21)31-25(22)17-27(33)28(23)29(34)30-18-19-9-3-1-4-10-19/h1-15,17,23,28,33H,16,18H2,(H,30,34). The number of hydrogen-bond acceptors (Lipinski definition) is 4. The number of Topliss-reactive ketones (excluding diaryl/α,β-unsaturated/α-hetero) is 1. The Morgan fingerprint density at radius 3 is 2.32 bits per heavy atom. The highest BCUT2D eigenvalue weighted by Gasteiger charge is 2.39. The molecule has 1 aromatic heterocycles. The van der Waals surface area contributed by atoms with Gasteiger partial charge in [-0.05, 0) is 23.3 Å². The van der Waals surface area contributed by atoms with Crippen molar-refractivity contribution < 1.29 is 14.7 Å². The lowest BCUT2D eigenvalue weighted by atomic mass is 9.75. The van der Waals surface area contributed by atoms with Gasteiger partial charge in [0.05, 0.1) is 11.2 Å². The van der Waals surface area contributed by atoms with E-state index < -0.39 is 11.8 Å². The number of fused-ring (bicyclic) bond motifs is 2. The Morgan fingerprint density at radius 1 is 0.882 bits per heavy atom. The number of para-hydroxylation sites is 1. The van der Waals surface area contributed by atoms with Gasteiger partial charge in [0.2, 0.25) is 5.91 Å². The molecule has 1 aliphatic carbocycles. The van der Waals surface area contributed by atoms with Crippen molar-refractivity contribution in [3.63, 3.8) is 0 Å². The molecule has 1 aliphatic rings. The zero-order valence-electron chi connectivity index (χ0n) is 18.5. The Labute approximate surface area is 197 Å². The Kier molecular flexibility index (Phi) is 5.91. The summed E-state index contributed by atoms with van der Waals surface area (Å²) >= 11 is 0. The van der Waals surface area contributed by atoms with E-state index >= 15 is 0 Å². The number of aromatic nitrogens is 1. The van der Waals surface area contributed by atoms with Gasteiger partial charge in [0.1, 0.15) is 11.7 Å². The van der Waals surface area contributed by atoms with Gasteiger partial charge in [-0.2, -0.15) is 0 Å². The molecule has 5 nitrogen and oxygen atoms in total. The average Bonchev–Trinajstić information content (AvgIpc) is 2.87. The summed E-state index contributed by atoms with van der Waals surface area (Å²) in [6, 6.07) is 28.3. The maximum atomic E-state index is 13.3. The van der Waals surface area contributed by atoms with Gasteiger partial charge in [-0.1, -0.05) is 78.9 Å². The fourth-order valence-corrected chi connectivity index (χ4v) is 4.56. The van der Waals surface area contributed by atoms with Crippen molar-refractivity contribution >= 4 is 28.7 Å². The van der Waals surface area contributed by atoms with E-state index in [1.54, 1.807) is 18.2 Å². The van der Waals surface area contributed by atoms with Crippen molar-refractivity contribution in [1.82, 2.24) is 10.3 Å². The fourth-order valence-electron chi connectivity index (χ4n) is 4.56. The monoisotopic (exact) mass is 448 g/mol. The molecule has 168 valence electrons. The highest BCUT2D eigenvalue weighted by molar-refractivity contribution is 5.98. The Morgan fingerprint density at radius 2 is 1.56 bits per heavy atom. The summed E-state index contributed by atoms with van der Waals surface area (Å²) in [5.74, 6) is -1.90. The number of benzene rings is 3. The number of aliphatic hydroxyl groups excluding tert-OH is 1. The molecular weight excluding hydrogens is 424 g/mol. The number of nitrogens with one attached hydrogen (secondary N) is 1. The van der Waals surface area contributed by atoms with Crippen LogP contribution in [0.2, 0.25) is 0 Å². The zero-order valence-corrected chi connectivity index (χ0v) is 18.5. The van der Waals surface area contributed by atoms with Crippen LogP contribution in [0, 0.1) is 5.92 Å². The topological polar surface area (TPSA) is 79.3 Å². The number of carbonyl (C=O) groups excluding carboxylic acids is 2. The van der Waals surface area contributed by atoms with Crippen molar-refractivity contribution in [2.75, 3.05) is 0 Å². The molecule has 0 fully saturated rings. The second-order valence-corrected chi connectivity index (χ2v) is 8.51. The van der Waals surface area contributed by atoms with E-state index in [1.807, 2.05) is 78.9 Å². The number of ketones is 1. The van der Waals surface area contributed by atoms with Gasteiger partial charge in [0.25, 0.3) is 0 Å². The van der Waals surface area contributed by atoms with Crippen LogP contribution in [0.1, 0.15) is 39.5 Å². The molecule has 1 heterocycles. The van der Waals surface area contributed by atoms with Gasteiger partial charge < -0.3 is 10.4 Å². The molecule has 2 N–H and O–H groups in total. The van der Waals surface area contributed by atoms with Gasteiger partial charge in [-0.25, -0.2) is 4.98 Å². The largest absolute Gasteiger partial charge is 0.511 e. The Hall–Kier alpha value is -4.25. The van der Waals surface area contributed by atoms with E-state index in [0.29, 0.717) is 17.8 Å². The van der Waals surface area contributed by atoms with Crippen molar-refractivity contribution in [3.8, 4) is 0 Å². The molecule has 3 aromatic carbocycles. The quantitative estimate of drug-likeness (QED) is 0.385. The average molecular weight is 449 g/mol. The number of carbonyl (C=O) groups is 2. The predicted molar refractivity (Wildman–Crippen MR) is 132 cm³/mol. The molecule has 4 aromatic rings. The van der Waals surface area contributed by atoms with E-state index in [2.05, 4.69) is 5.32 Å². The summed E-state index contributed by atoms with van der Waals surface area (Å²) in [5.41, 5.74) is 3.72. The van der Waals surface area contributed by atoms with E-state index in [9.17, 15) is 14.7 Å². The third-order valence-electron chi connectivity index (χ3n) is 6.28. The molecule has 0 bridgehead atoms. The minimum Gasteiger partial charge on any atom is -0.511 e. The molecule has 1 amide bonds. The lowest BCUT2D eigenvalue weighted by Crippen LogP contribution is -2.37. The lowest BCUT2D eigenvalue weighted by molar-refractivity contribution is -0.125. The first-order valence-electron chi connectivity index (χ1n) is 11.3. The molecule has 5 heteroatoms. The summed E-state index contributed by atoms with van der Waals surface area (Å²) in [6.45, 7) is 0.339. The van der Waals surface area contributed by atoms with E-state index in [0.717, 1.165) is 22.0 Å². The van der Waals surface area contributed by atoms with Crippen LogP contribution < -0.4 is 5.32 Å². The minimum absolute atomic E-state index is 0.0771. The summed E-state index contributed by atoms with van der Waals surface area (Å²) in [6.07, 6.45) is 1.64. The molecule has 0 radical (unpaired) electrons. The van der Waals surface area contributed by atoms with E-state index in [-0.39, 0.29) is 23.9 Å². The maximum absolute atomic E-state index is 13.3. The van der Waals surface area contributed by atoms with Crippen molar-refractivity contribution in [3.05, 3.63) is 119 Å². The molecule has 0 aliphatic heterocycles. The third-order valence-corrected chi connectivity index (χ3v) is 6.28. The smallest absolute Gasteiger partial charge is 0.231 e. The van der Waals surface area contributed by atoms with Crippen LogP contribution >= 0.6 is 0 Å². The predicted octanol–water partition coefficient (Wildman–Crippen LogP) is 5.44. The number of pyridine rings is 1. The first-order chi connectivity index (χ1) is 16.6. The highest BCUT2D eigenvalue weighted by atomic mass is 16.3. The zero-order chi connectivity index (χ0) is 23.5. The van der Waals surface area contributed by atoms with Crippen LogP contribution in [-0.2, 0) is 11.3 Å². The second-order valence-electron chi connectivity index (χ2n) is 8.51. The molecule has 0 saturated carbocycles. The van der Waals surface area contributed by atoms with Gasteiger partial charge in [-0.15, -0.1) is 0 Å². The summed E-state index contributed by atoms with van der Waals surface area (Å²) in [5, 5.41) is 14.8. The van der Waals surface area contributed by atoms with Crippen molar-refractivity contribution in [2.45, 2.75) is 18.9 Å². The first-order valence-corrected chi connectivity index (χ1v) is 11.3. The third kappa shape index (κ3) is 4.33. The van der Waals surface area contributed by atoms with Crippen LogP contribution in [0.25, 0.3) is 17.0 Å². The van der Waals surface area contributed by atoms with Crippen LogP contribution in [0.4, 0.5) is 0 Å². The van der Waals surface area contributed by atoms with E-state index in [1.165, 1.54) is 0 Å². The van der Waals surface area contributed by atoms with Gasteiger partial charge in [-0.3, -0.25) is 9.59 Å². The Balaban J connectivity index is 1.52. The lowest BCUT2D eigenvalue weighted by Gasteiger charge is -2.30. The van der Waals surface area contributed by atoms with Crippen molar-refractivity contribution in [2.24, 2.45) is 5.92 Å². The Bertz CT molecular complexity index is 1380. The summed E-state index contributed by atoms with van der Waals surface area (Å²) < 4.78 is 0. The summed E-state index contributed by atoms with van der Waals surface area (Å²) in [4.78, 5) is 31.2. The number of hydrogen-bond donors (Lipinski definition) is 2. The second kappa shape index (κ2) is 9.32. The summed E-state index contributed by atoms with van der Waals surface area (Å²) in [7, 11) is 0. The highest BCUT2D eigenvalue weighted by Crippen LogP contribution is 2.41.